The second-order valence-corrected chi connectivity index (χ2v) is 3.87. The van der Waals surface area contributed by atoms with Crippen molar-refractivity contribution in [2.75, 3.05) is 0 Å². The fourth-order valence-corrected chi connectivity index (χ4v) is 1.99. The first kappa shape index (κ1) is 9.26. The van der Waals surface area contributed by atoms with Gasteiger partial charge in [-0.2, -0.15) is 0 Å². The standard InChI is InChI=1S/C14H16/c1-4-12-6-5-7-13-11(3)10(2)8-9-14(12)13/h5-9H,4H2,1-3H3. The summed E-state index contributed by atoms with van der Waals surface area (Å²) in [6, 6.07) is 11.1. The van der Waals surface area contributed by atoms with E-state index in [0.717, 1.165) is 6.42 Å². The van der Waals surface area contributed by atoms with Crippen LogP contribution in [0.15, 0.2) is 30.3 Å². The van der Waals surface area contributed by atoms with Crippen LogP contribution in [-0.4, -0.2) is 0 Å². The molecule has 2 aromatic carbocycles. The van der Waals surface area contributed by atoms with E-state index in [1.807, 2.05) is 0 Å². The topological polar surface area (TPSA) is 0 Å². The van der Waals surface area contributed by atoms with Gasteiger partial charge < -0.3 is 0 Å². The quantitative estimate of drug-likeness (QED) is 0.628. The molecule has 0 spiro atoms. The molecule has 0 N–H and O–H groups in total. The lowest BCUT2D eigenvalue weighted by molar-refractivity contribution is 1.16. The number of fused-ring (bicyclic) bond motifs is 1. The van der Waals surface area contributed by atoms with Crippen LogP contribution < -0.4 is 0 Å². The van der Waals surface area contributed by atoms with Crippen LogP contribution in [0.5, 0.6) is 0 Å². The zero-order chi connectivity index (χ0) is 10.1. The lowest BCUT2D eigenvalue weighted by Gasteiger charge is -2.08. The van der Waals surface area contributed by atoms with Gasteiger partial charge in [0.25, 0.3) is 0 Å². The Morgan fingerprint density at radius 1 is 0.929 bits per heavy atom. The number of rotatable bonds is 1. The van der Waals surface area contributed by atoms with E-state index in [4.69, 9.17) is 0 Å². The van der Waals surface area contributed by atoms with E-state index in [1.54, 1.807) is 0 Å². The summed E-state index contributed by atoms with van der Waals surface area (Å²) < 4.78 is 0. The summed E-state index contributed by atoms with van der Waals surface area (Å²) in [7, 11) is 0. The molecule has 0 saturated heterocycles. The highest BCUT2D eigenvalue weighted by molar-refractivity contribution is 5.89. The summed E-state index contributed by atoms with van der Waals surface area (Å²) >= 11 is 0. The van der Waals surface area contributed by atoms with Crippen LogP contribution in [0, 0.1) is 13.8 Å². The van der Waals surface area contributed by atoms with Crippen molar-refractivity contribution in [3.63, 3.8) is 0 Å². The Hall–Kier alpha value is -1.30. The van der Waals surface area contributed by atoms with Crippen molar-refractivity contribution < 1.29 is 0 Å². The molecule has 0 heterocycles. The van der Waals surface area contributed by atoms with Gasteiger partial charge in [0.2, 0.25) is 0 Å². The lowest BCUT2D eigenvalue weighted by atomic mass is 9.96. The Morgan fingerprint density at radius 2 is 1.71 bits per heavy atom. The maximum Gasteiger partial charge on any atom is -0.0149 e. The molecule has 14 heavy (non-hydrogen) atoms. The second kappa shape index (κ2) is 3.45. The third-order valence-corrected chi connectivity index (χ3v) is 3.07. The summed E-state index contributed by atoms with van der Waals surface area (Å²) in [6.07, 6.45) is 1.11. The van der Waals surface area contributed by atoms with Crippen molar-refractivity contribution in [1.29, 1.82) is 0 Å². The van der Waals surface area contributed by atoms with Gasteiger partial charge in [0.05, 0.1) is 0 Å². The molecule has 0 aliphatic rings. The Bertz CT molecular complexity index is 467. The van der Waals surface area contributed by atoms with E-state index in [9.17, 15) is 0 Å². The Kier molecular flexibility index (Phi) is 2.28. The largest absolute Gasteiger partial charge is 0.0613 e. The minimum absolute atomic E-state index is 1.11. The van der Waals surface area contributed by atoms with Crippen LogP contribution in [0.25, 0.3) is 10.8 Å². The molecule has 0 fully saturated rings. The van der Waals surface area contributed by atoms with Gasteiger partial charge in [-0.3, -0.25) is 0 Å². The van der Waals surface area contributed by atoms with E-state index >= 15 is 0 Å². The smallest absolute Gasteiger partial charge is 0.0149 e. The zero-order valence-corrected chi connectivity index (χ0v) is 9.09. The van der Waals surface area contributed by atoms with Gasteiger partial charge in [0.15, 0.2) is 0 Å². The van der Waals surface area contributed by atoms with Gasteiger partial charge in [-0.05, 0) is 47.7 Å². The zero-order valence-electron chi connectivity index (χ0n) is 9.09. The summed E-state index contributed by atoms with van der Waals surface area (Å²) in [5.41, 5.74) is 4.24. The number of benzene rings is 2. The SMILES string of the molecule is CCc1cccc2c(C)c(C)ccc12. The van der Waals surface area contributed by atoms with Crippen LogP contribution in [0.2, 0.25) is 0 Å². The first-order valence-electron chi connectivity index (χ1n) is 5.22. The fraction of sp³-hybridized carbons (Fsp3) is 0.286. The summed E-state index contributed by atoms with van der Waals surface area (Å²) in [5, 5.41) is 2.82. The summed E-state index contributed by atoms with van der Waals surface area (Å²) in [5.74, 6) is 0. The van der Waals surface area contributed by atoms with Gasteiger partial charge in [-0.1, -0.05) is 37.3 Å². The van der Waals surface area contributed by atoms with E-state index in [1.165, 1.54) is 27.5 Å². The van der Waals surface area contributed by atoms with Gasteiger partial charge in [0, 0.05) is 0 Å². The molecule has 0 amide bonds. The monoisotopic (exact) mass is 184 g/mol. The normalized spacial score (nSPS) is 10.8. The first-order chi connectivity index (χ1) is 6.74. The first-order valence-corrected chi connectivity index (χ1v) is 5.22. The van der Waals surface area contributed by atoms with Crippen molar-refractivity contribution in [3.8, 4) is 0 Å². The van der Waals surface area contributed by atoms with Gasteiger partial charge in [0.1, 0.15) is 0 Å². The highest BCUT2D eigenvalue weighted by atomic mass is 14.1. The van der Waals surface area contributed by atoms with Crippen molar-refractivity contribution in [3.05, 3.63) is 47.0 Å². The molecule has 0 aliphatic heterocycles. The van der Waals surface area contributed by atoms with Crippen LogP contribution in [-0.2, 0) is 6.42 Å². The van der Waals surface area contributed by atoms with Gasteiger partial charge >= 0.3 is 0 Å². The molecule has 0 aliphatic carbocycles. The molecule has 0 heteroatoms. The molecular weight excluding hydrogens is 168 g/mol. The van der Waals surface area contributed by atoms with E-state index in [2.05, 4.69) is 51.1 Å². The van der Waals surface area contributed by atoms with Crippen LogP contribution in [0.1, 0.15) is 23.6 Å². The molecule has 2 aromatic rings. The summed E-state index contributed by atoms with van der Waals surface area (Å²) in [4.78, 5) is 0. The molecule has 0 unspecified atom stereocenters. The minimum atomic E-state index is 1.11. The maximum absolute atomic E-state index is 2.25. The van der Waals surface area contributed by atoms with E-state index in [0.29, 0.717) is 0 Å². The van der Waals surface area contributed by atoms with Crippen molar-refractivity contribution in [1.82, 2.24) is 0 Å². The molecule has 72 valence electrons. The van der Waals surface area contributed by atoms with Gasteiger partial charge in [-0.25, -0.2) is 0 Å². The maximum atomic E-state index is 2.25. The minimum Gasteiger partial charge on any atom is -0.0613 e. The van der Waals surface area contributed by atoms with Gasteiger partial charge in [-0.15, -0.1) is 0 Å². The van der Waals surface area contributed by atoms with Crippen molar-refractivity contribution >= 4 is 10.8 Å². The number of aryl methyl sites for hydroxylation is 3. The fourth-order valence-electron chi connectivity index (χ4n) is 1.99. The molecule has 0 radical (unpaired) electrons. The third-order valence-electron chi connectivity index (χ3n) is 3.07. The predicted octanol–water partition coefficient (Wildman–Crippen LogP) is 4.02. The number of hydrogen-bond donors (Lipinski definition) is 0. The highest BCUT2D eigenvalue weighted by Crippen LogP contribution is 2.24. The van der Waals surface area contributed by atoms with E-state index in [-0.39, 0.29) is 0 Å². The van der Waals surface area contributed by atoms with Crippen molar-refractivity contribution in [2.24, 2.45) is 0 Å². The Labute approximate surface area is 85.6 Å². The van der Waals surface area contributed by atoms with Crippen LogP contribution in [0.4, 0.5) is 0 Å². The predicted molar refractivity (Wildman–Crippen MR) is 62.8 cm³/mol. The second-order valence-electron chi connectivity index (χ2n) is 3.87. The molecule has 2 rings (SSSR count). The number of hydrogen-bond acceptors (Lipinski definition) is 0. The lowest BCUT2D eigenvalue weighted by Crippen LogP contribution is -1.88. The van der Waals surface area contributed by atoms with E-state index < -0.39 is 0 Å². The molecule has 0 saturated carbocycles. The molecule has 0 atom stereocenters. The Morgan fingerprint density at radius 3 is 2.43 bits per heavy atom. The Balaban J connectivity index is 2.86. The average molecular weight is 184 g/mol. The molecule has 0 aromatic heterocycles. The summed E-state index contributed by atoms with van der Waals surface area (Å²) in [6.45, 7) is 6.59. The third kappa shape index (κ3) is 1.31. The molecule has 0 nitrogen and oxygen atoms in total. The van der Waals surface area contributed by atoms with Crippen molar-refractivity contribution in [2.45, 2.75) is 27.2 Å². The average Bonchev–Trinajstić information content (AvgIpc) is 2.23. The molecule has 0 bridgehead atoms. The van der Waals surface area contributed by atoms with Crippen LogP contribution >= 0.6 is 0 Å². The highest BCUT2D eigenvalue weighted by Gasteiger charge is 2.02. The van der Waals surface area contributed by atoms with Crippen LogP contribution in [0.3, 0.4) is 0 Å². The molecular formula is C14H16.